The maximum absolute atomic E-state index is 5.76. The van der Waals surface area contributed by atoms with E-state index in [-0.39, 0.29) is 5.60 Å². The van der Waals surface area contributed by atoms with Crippen molar-refractivity contribution >= 4 is 10.9 Å². The summed E-state index contributed by atoms with van der Waals surface area (Å²) in [5, 5.41) is 1.25. The second kappa shape index (κ2) is 5.12. The number of fused-ring (bicyclic) bond motifs is 1. The van der Waals surface area contributed by atoms with Crippen LogP contribution in [0.4, 0.5) is 0 Å². The predicted octanol–water partition coefficient (Wildman–Crippen LogP) is 2.92. The van der Waals surface area contributed by atoms with Crippen LogP contribution in [-0.2, 0) is 17.8 Å². The molecule has 2 rings (SSSR count). The summed E-state index contributed by atoms with van der Waals surface area (Å²) in [7, 11) is 0. The molecule has 0 bridgehead atoms. The molecule has 0 aliphatic rings. The van der Waals surface area contributed by atoms with Crippen LogP contribution in [0.25, 0.3) is 10.9 Å². The molecular weight excluding hydrogens is 224 g/mol. The Balaban J connectivity index is 2.15. The number of nitrogens with two attached hydrogens (primary N) is 1. The van der Waals surface area contributed by atoms with E-state index in [1.54, 1.807) is 0 Å². The normalized spacial score (nSPS) is 12.2. The molecule has 3 nitrogen and oxygen atoms in total. The maximum atomic E-state index is 5.76. The van der Waals surface area contributed by atoms with E-state index in [1.807, 2.05) is 0 Å². The van der Waals surface area contributed by atoms with Gasteiger partial charge in [-0.1, -0.05) is 12.1 Å². The van der Waals surface area contributed by atoms with Crippen LogP contribution in [0.1, 0.15) is 26.3 Å². The lowest BCUT2D eigenvalue weighted by Crippen LogP contribution is -2.21. The summed E-state index contributed by atoms with van der Waals surface area (Å²) in [5.41, 5.74) is 8.10. The van der Waals surface area contributed by atoms with E-state index in [0.29, 0.717) is 6.54 Å². The quantitative estimate of drug-likeness (QED) is 0.901. The van der Waals surface area contributed by atoms with Crippen molar-refractivity contribution in [2.75, 3.05) is 6.61 Å². The summed E-state index contributed by atoms with van der Waals surface area (Å²) in [6.45, 7) is 8.41. The van der Waals surface area contributed by atoms with Crippen molar-refractivity contribution in [2.45, 2.75) is 39.5 Å². The molecule has 0 aliphatic heterocycles. The first kappa shape index (κ1) is 13.1. The molecule has 1 aromatic heterocycles. The molecule has 98 valence electrons. The molecule has 2 aromatic rings. The van der Waals surface area contributed by atoms with Gasteiger partial charge in [0.15, 0.2) is 0 Å². The molecule has 1 aromatic carbocycles. The molecule has 1 heterocycles. The number of ether oxygens (including phenoxy) is 1. The first-order valence-electron chi connectivity index (χ1n) is 6.42. The topological polar surface area (TPSA) is 40.2 Å². The summed E-state index contributed by atoms with van der Waals surface area (Å²) in [6.07, 6.45) is 2.11. The average Bonchev–Trinajstić information content (AvgIpc) is 2.71. The van der Waals surface area contributed by atoms with Crippen molar-refractivity contribution in [1.29, 1.82) is 0 Å². The van der Waals surface area contributed by atoms with Crippen LogP contribution in [0.3, 0.4) is 0 Å². The van der Waals surface area contributed by atoms with Crippen LogP contribution in [0.15, 0.2) is 30.5 Å². The van der Waals surface area contributed by atoms with Gasteiger partial charge in [-0.05, 0) is 38.5 Å². The summed E-state index contributed by atoms with van der Waals surface area (Å²) in [5.74, 6) is 0. The molecule has 0 saturated carbocycles. The lowest BCUT2D eigenvalue weighted by Gasteiger charge is -2.19. The van der Waals surface area contributed by atoms with Crippen LogP contribution >= 0.6 is 0 Å². The van der Waals surface area contributed by atoms with Gasteiger partial charge in [0, 0.05) is 30.2 Å². The minimum atomic E-state index is -0.0780. The predicted molar refractivity (Wildman–Crippen MR) is 75.5 cm³/mol. The van der Waals surface area contributed by atoms with E-state index in [1.165, 1.54) is 16.5 Å². The summed E-state index contributed by atoms with van der Waals surface area (Å²) >= 11 is 0. The van der Waals surface area contributed by atoms with Crippen LogP contribution in [0, 0.1) is 0 Å². The monoisotopic (exact) mass is 246 g/mol. The SMILES string of the molecule is CC(C)(C)OCCn1ccc2c(CN)cccc21. The molecule has 0 fully saturated rings. The Hall–Kier alpha value is -1.32. The van der Waals surface area contributed by atoms with Crippen molar-refractivity contribution in [3.63, 3.8) is 0 Å². The van der Waals surface area contributed by atoms with E-state index in [9.17, 15) is 0 Å². The molecule has 18 heavy (non-hydrogen) atoms. The van der Waals surface area contributed by atoms with Gasteiger partial charge in [0.1, 0.15) is 0 Å². The van der Waals surface area contributed by atoms with Gasteiger partial charge >= 0.3 is 0 Å². The highest BCUT2D eigenvalue weighted by Gasteiger charge is 2.10. The zero-order valence-electron chi connectivity index (χ0n) is 11.4. The Bertz CT molecular complexity index is 523. The Morgan fingerprint density at radius 1 is 1.22 bits per heavy atom. The number of benzene rings is 1. The largest absolute Gasteiger partial charge is 0.374 e. The standard InChI is InChI=1S/C15H22N2O/c1-15(2,3)18-10-9-17-8-7-13-12(11-16)5-4-6-14(13)17/h4-8H,9-11,16H2,1-3H3. The molecular formula is C15H22N2O. The van der Waals surface area contributed by atoms with Gasteiger partial charge in [0.25, 0.3) is 0 Å². The Morgan fingerprint density at radius 3 is 2.67 bits per heavy atom. The van der Waals surface area contributed by atoms with Gasteiger partial charge < -0.3 is 15.0 Å². The Labute approximate surface area is 109 Å². The van der Waals surface area contributed by atoms with Gasteiger partial charge in [0.2, 0.25) is 0 Å². The number of nitrogens with zero attached hydrogens (tertiary/aromatic N) is 1. The van der Waals surface area contributed by atoms with E-state index in [0.717, 1.165) is 13.2 Å². The Morgan fingerprint density at radius 2 is 2.00 bits per heavy atom. The fourth-order valence-corrected chi connectivity index (χ4v) is 2.11. The van der Waals surface area contributed by atoms with Crippen LogP contribution in [0.2, 0.25) is 0 Å². The summed E-state index contributed by atoms with van der Waals surface area (Å²) in [6, 6.07) is 8.41. The number of aromatic nitrogens is 1. The molecule has 2 N–H and O–H groups in total. The van der Waals surface area contributed by atoms with Crippen LogP contribution < -0.4 is 5.73 Å². The minimum absolute atomic E-state index is 0.0780. The highest BCUT2D eigenvalue weighted by atomic mass is 16.5. The molecule has 0 spiro atoms. The second-order valence-corrected chi connectivity index (χ2v) is 5.52. The molecule has 0 saturated heterocycles. The second-order valence-electron chi connectivity index (χ2n) is 5.52. The number of hydrogen-bond acceptors (Lipinski definition) is 2. The third kappa shape index (κ3) is 2.92. The molecule has 0 unspecified atom stereocenters. The van der Waals surface area contributed by atoms with Gasteiger partial charge in [-0.2, -0.15) is 0 Å². The van der Waals surface area contributed by atoms with Crippen molar-refractivity contribution in [3.8, 4) is 0 Å². The third-order valence-corrected chi connectivity index (χ3v) is 2.99. The van der Waals surface area contributed by atoms with Crippen molar-refractivity contribution in [3.05, 3.63) is 36.0 Å². The highest BCUT2D eigenvalue weighted by molar-refractivity contribution is 5.83. The lowest BCUT2D eigenvalue weighted by atomic mass is 10.1. The fraction of sp³-hybridized carbons (Fsp3) is 0.467. The van der Waals surface area contributed by atoms with Gasteiger partial charge in [-0.15, -0.1) is 0 Å². The lowest BCUT2D eigenvalue weighted by molar-refractivity contribution is -0.00644. The molecule has 3 heteroatoms. The smallest absolute Gasteiger partial charge is 0.0652 e. The molecule has 0 aliphatic carbocycles. The summed E-state index contributed by atoms with van der Waals surface area (Å²) < 4.78 is 7.99. The van der Waals surface area contributed by atoms with Gasteiger partial charge in [-0.25, -0.2) is 0 Å². The van der Waals surface area contributed by atoms with E-state index >= 15 is 0 Å². The van der Waals surface area contributed by atoms with Gasteiger partial charge in [-0.3, -0.25) is 0 Å². The molecule has 0 atom stereocenters. The van der Waals surface area contributed by atoms with Gasteiger partial charge in [0.05, 0.1) is 12.2 Å². The first-order valence-corrected chi connectivity index (χ1v) is 6.42. The summed E-state index contributed by atoms with van der Waals surface area (Å²) in [4.78, 5) is 0. The van der Waals surface area contributed by atoms with Crippen molar-refractivity contribution in [1.82, 2.24) is 4.57 Å². The molecule has 0 amide bonds. The molecule has 0 radical (unpaired) electrons. The highest BCUT2D eigenvalue weighted by Crippen LogP contribution is 2.20. The van der Waals surface area contributed by atoms with Crippen LogP contribution in [0.5, 0.6) is 0 Å². The van der Waals surface area contributed by atoms with Crippen molar-refractivity contribution in [2.24, 2.45) is 5.73 Å². The zero-order chi connectivity index (χ0) is 13.2. The van der Waals surface area contributed by atoms with E-state index < -0.39 is 0 Å². The van der Waals surface area contributed by atoms with Crippen LogP contribution in [-0.4, -0.2) is 16.8 Å². The zero-order valence-corrected chi connectivity index (χ0v) is 11.4. The van der Waals surface area contributed by atoms with E-state index in [2.05, 4.69) is 55.8 Å². The average molecular weight is 246 g/mol. The third-order valence-electron chi connectivity index (χ3n) is 2.99. The maximum Gasteiger partial charge on any atom is 0.0652 e. The number of rotatable bonds is 4. The minimum Gasteiger partial charge on any atom is -0.374 e. The Kier molecular flexibility index (Phi) is 3.73. The fourth-order valence-electron chi connectivity index (χ4n) is 2.11. The first-order chi connectivity index (χ1) is 8.51. The van der Waals surface area contributed by atoms with Crippen molar-refractivity contribution < 1.29 is 4.74 Å². The van der Waals surface area contributed by atoms with E-state index in [4.69, 9.17) is 10.5 Å². The number of hydrogen-bond donors (Lipinski definition) is 1.